The zero-order chi connectivity index (χ0) is 16.9. The van der Waals surface area contributed by atoms with Crippen molar-refractivity contribution < 1.29 is 9.47 Å². The molecule has 6 heteroatoms. The number of hydrogen-bond acceptors (Lipinski definition) is 3. The zero-order valence-electron chi connectivity index (χ0n) is 15.2. The fraction of sp³-hybridized carbons (Fsp3) is 0.632. The Hall–Kier alpha value is -0.860. The van der Waals surface area contributed by atoms with Gasteiger partial charge >= 0.3 is 0 Å². The molecule has 0 bridgehead atoms. The molecular formula is C19H32IN3O2. The van der Waals surface area contributed by atoms with Crippen molar-refractivity contribution in [2.24, 2.45) is 4.99 Å². The molecule has 1 aromatic rings. The van der Waals surface area contributed by atoms with E-state index in [1.807, 2.05) is 0 Å². The Morgan fingerprint density at radius 3 is 2.64 bits per heavy atom. The summed E-state index contributed by atoms with van der Waals surface area (Å²) in [5.74, 6) is 0.863. The van der Waals surface area contributed by atoms with Crippen LogP contribution in [0.1, 0.15) is 31.2 Å². The van der Waals surface area contributed by atoms with Gasteiger partial charge < -0.3 is 20.1 Å². The van der Waals surface area contributed by atoms with E-state index in [1.54, 1.807) is 7.05 Å². The number of benzene rings is 1. The fourth-order valence-corrected chi connectivity index (χ4v) is 2.74. The molecule has 1 atom stereocenters. The van der Waals surface area contributed by atoms with Gasteiger partial charge in [0.15, 0.2) is 5.96 Å². The SMILES string of the molecule is CN=C(NCCCOCC1CCCO1)NCCCc1ccccc1.I. The molecule has 25 heavy (non-hydrogen) atoms. The van der Waals surface area contributed by atoms with Crippen LogP contribution >= 0.6 is 24.0 Å². The predicted octanol–water partition coefficient (Wildman–Crippen LogP) is 2.99. The topological polar surface area (TPSA) is 54.9 Å². The molecule has 1 aliphatic rings. The summed E-state index contributed by atoms with van der Waals surface area (Å²) in [5, 5.41) is 6.68. The Morgan fingerprint density at radius 2 is 1.96 bits per heavy atom. The van der Waals surface area contributed by atoms with Gasteiger partial charge in [0.25, 0.3) is 0 Å². The summed E-state index contributed by atoms with van der Waals surface area (Å²) in [5.41, 5.74) is 1.38. The first kappa shape index (κ1) is 22.2. The second-order valence-electron chi connectivity index (χ2n) is 6.08. The van der Waals surface area contributed by atoms with Crippen molar-refractivity contribution in [2.75, 3.05) is 40.0 Å². The highest BCUT2D eigenvalue weighted by Crippen LogP contribution is 2.11. The largest absolute Gasteiger partial charge is 0.379 e. The minimum Gasteiger partial charge on any atom is -0.379 e. The van der Waals surface area contributed by atoms with Gasteiger partial charge in [-0.2, -0.15) is 0 Å². The third kappa shape index (κ3) is 10.0. The summed E-state index contributed by atoms with van der Waals surface area (Å²) >= 11 is 0. The lowest BCUT2D eigenvalue weighted by Crippen LogP contribution is -2.38. The normalized spacial score (nSPS) is 17.2. The summed E-state index contributed by atoms with van der Waals surface area (Å²) in [4.78, 5) is 4.25. The van der Waals surface area contributed by atoms with E-state index in [9.17, 15) is 0 Å². The summed E-state index contributed by atoms with van der Waals surface area (Å²) in [7, 11) is 1.81. The van der Waals surface area contributed by atoms with E-state index in [0.717, 1.165) is 64.6 Å². The quantitative estimate of drug-likeness (QED) is 0.244. The molecule has 0 spiro atoms. The van der Waals surface area contributed by atoms with Crippen LogP contribution in [0.2, 0.25) is 0 Å². The van der Waals surface area contributed by atoms with E-state index >= 15 is 0 Å². The van der Waals surface area contributed by atoms with E-state index in [2.05, 4.69) is 46.0 Å². The van der Waals surface area contributed by atoms with Crippen molar-refractivity contribution in [1.82, 2.24) is 10.6 Å². The maximum Gasteiger partial charge on any atom is 0.190 e. The molecule has 2 rings (SSSR count). The maximum atomic E-state index is 5.66. The van der Waals surface area contributed by atoms with Crippen molar-refractivity contribution in [3.63, 3.8) is 0 Å². The van der Waals surface area contributed by atoms with Gasteiger partial charge in [0.1, 0.15) is 0 Å². The van der Waals surface area contributed by atoms with Crippen molar-refractivity contribution in [2.45, 2.75) is 38.2 Å². The molecule has 5 nitrogen and oxygen atoms in total. The van der Waals surface area contributed by atoms with Crippen LogP contribution in [0.25, 0.3) is 0 Å². The molecule has 2 N–H and O–H groups in total. The average molecular weight is 461 g/mol. The van der Waals surface area contributed by atoms with Crippen LogP contribution < -0.4 is 10.6 Å². The van der Waals surface area contributed by atoms with Crippen LogP contribution in [0.4, 0.5) is 0 Å². The lowest BCUT2D eigenvalue weighted by Gasteiger charge is -2.13. The highest BCUT2D eigenvalue weighted by atomic mass is 127. The van der Waals surface area contributed by atoms with Crippen LogP contribution in [0, 0.1) is 0 Å². The van der Waals surface area contributed by atoms with Crippen molar-refractivity contribution >= 4 is 29.9 Å². The second kappa shape index (κ2) is 14.3. The third-order valence-electron chi connectivity index (χ3n) is 4.09. The number of aliphatic imine (C=N–C) groups is 1. The van der Waals surface area contributed by atoms with E-state index in [1.165, 1.54) is 12.0 Å². The molecule has 1 aromatic carbocycles. The molecule has 1 heterocycles. The Morgan fingerprint density at radius 1 is 1.20 bits per heavy atom. The molecular weight excluding hydrogens is 429 g/mol. The predicted molar refractivity (Wildman–Crippen MR) is 114 cm³/mol. The van der Waals surface area contributed by atoms with Crippen LogP contribution in [-0.4, -0.2) is 52.0 Å². The number of nitrogens with zero attached hydrogens (tertiary/aromatic N) is 1. The van der Waals surface area contributed by atoms with Gasteiger partial charge in [0, 0.05) is 33.4 Å². The Balaban J connectivity index is 0.00000312. The average Bonchev–Trinajstić information content (AvgIpc) is 3.14. The highest BCUT2D eigenvalue weighted by Gasteiger charge is 2.14. The molecule has 0 radical (unpaired) electrons. The Bertz CT molecular complexity index is 465. The molecule has 1 fully saturated rings. The first-order valence-corrected chi connectivity index (χ1v) is 9.06. The number of aryl methyl sites for hydroxylation is 1. The number of guanidine groups is 1. The van der Waals surface area contributed by atoms with Gasteiger partial charge in [-0.3, -0.25) is 4.99 Å². The maximum absolute atomic E-state index is 5.66. The first-order valence-electron chi connectivity index (χ1n) is 9.06. The second-order valence-corrected chi connectivity index (χ2v) is 6.08. The number of halogens is 1. The molecule has 0 aliphatic carbocycles. The smallest absolute Gasteiger partial charge is 0.190 e. The minimum atomic E-state index is 0. The lowest BCUT2D eigenvalue weighted by atomic mass is 10.1. The Labute approximate surface area is 169 Å². The molecule has 1 unspecified atom stereocenters. The minimum absolute atomic E-state index is 0. The molecule has 0 saturated carbocycles. The van der Waals surface area contributed by atoms with Crippen LogP contribution in [0.15, 0.2) is 35.3 Å². The van der Waals surface area contributed by atoms with Crippen LogP contribution in [0.3, 0.4) is 0 Å². The van der Waals surface area contributed by atoms with Crippen molar-refractivity contribution in [1.29, 1.82) is 0 Å². The van der Waals surface area contributed by atoms with Gasteiger partial charge in [-0.05, 0) is 37.7 Å². The number of rotatable bonds is 10. The molecule has 0 aromatic heterocycles. The van der Waals surface area contributed by atoms with E-state index in [-0.39, 0.29) is 24.0 Å². The van der Waals surface area contributed by atoms with Gasteiger partial charge in [0.2, 0.25) is 0 Å². The molecule has 0 amide bonds. The standard InChI is InChI=1S/C19H31N3O2.HI/c1-20-19(21-12-5-10-17-8-3-2-4-9-17)22-13-7-14-23-16-18-11-6-15-24-18;/h2-4,8-9,18H,5-7,10-16H2,1H3,(H2,20,21,22);1H. The third-order valence-corrected chi connectivity index (χ3v) is 4.09. The van der Waals surface area contributed by atoms with Gasteiger partial charge in [-0.25, -0.2) is 0 Å². The van der Waals surface area contributed by atoms with Gasteiger partial charge in [-0.15, -0.1) is 24.0 Å². The number of hydrogen-bond donors (Lipinski definition) is 2. The molecule has 142 valence electrons. The highest BCUT2D eigenvalue weighted by molar-refractivity contribution is 14.0. The lowest BCUT2D eigenvalue weighted by molar-refractivity contribution is 0.0168. The zero-order valence-corrected chi connectivity index (χ0v) is 17.5. The van der Waals surface area contributed by atoms with E-state index < -0.39 is 0 Å². The summed E-state index contributed by atoms with van der Waals surface area (Å²) in [6.07, 6.45) is 5.77. The van der Waals surface area contributed by atoms with Crippen molar-refractivity contribution in [3.8, 4) is 0 Å². The summed E-state index contributed by atoms with van der Waals surface area (Å²) in [6.45, 7) is 4.17. The Kier molecular flexibility index (Phi) is 12.7. The summed E-state index contributed by atoms with van der Waals surface area (Å²) < 4.78 is 11.2. The fourth-order valence-electron chi connectivity index (χ4n) is 2.74. The van der Waals surface area contributed by atoms with Crippen molar-refractivity contribution in [3.05, 3.63) is 35.9 Å². The monoisotopic (exact) mass is 461 g/mol. The molecule has 1 saturated heterocycles. The van der Waals surface area contributed by atoms with Crippen LogP contribution in [0.5, 0.6) is 0 Å². The molecule has 1 aliphatic heterocycles. The van der Waals surface area contributed by atoms with Gasteiger partial charge in [0.05, 0.1) is 12.7 Å². The number of nitrogens with one attached hydrogen (secondary N) is 2. The number of ether oxygens (including phenoxy) is 2. The summed E-state index contributed by atoms with van der Waals surface area (Å²) in [6, 6.07) is 10.6. The van der Waals surface area contributed by atoms with Gasteiger partial charge in [-0.1, -0.05) is 30.3 Å². The van der Waals surface area contributed by atoms with E-state index in [0.29, 0.717) is 6.10 Å². The van der Waals surface area contributed by atoms with E-state index in [4.69, 9.17) is 9.47 Å². The van der Waals surface area contributed by atoms with Crippen LogP contribution in [-0.2, 0) is 15.9 Å². The first-order chi connectivity index (χ1) is 11.9.